The zero-order valence-electron chi connectivity index (χ0n) is 15.4. The summed E-state index contributed by atoms with van der Waals surface area (Å²) in [5.41, 5.74) is 2.22. The molecule has 2 aliphatic rings. The maximum absolute atomic E-state index is 8.94. The van der Waals surface area contributed by atoms with Gasteiger partial charge in [0.1, 0.15) is 0 Å². The van der Waals surface area contributed by atoms with Crippen molar-refractivity contribution in [1.29, 1.82) is 5.26 Å². The largest absolute Gasteiger partial charge is 0.192 e. The SMILES string of the molecule is C=CC=CCC1CCC(C2CCC(c3ccc(C#N)cc3)CC2)CC1. The molecule has 0 unspecified atom stereocenters. The first-order valence-electron chi connectivity index (χ1n) is 10.1. The molecule has 0 heterocycles. The lowest BCUT2D eigenvalue weighted by molar-refractivity contribution is 0.160. The van der Waals surface area contributed by atoms with Crippen molar-refractivity contribution >= 4 is 0 Å². The number of hydrogen-bond donors (Lipinski definition) is 0. The van der Waals surface area contributed by atoms with E-state index in [0.717, 1.165) is 23.3 Å². The van der Waals surface area contributed by atoms with Crippen LogP contribution in [0.5, 0.6) is 0 Å². The van der Waals surface area contributed by atoms with E-state index in [-0.39, 0.29) is 0 Å². The lowest BCUT2D eigenvalue weighted by Crippen LogP contribution is -2.25. The van der Waals surface area contributed by atoms with E-state index in [2.05, 4.69) is 36.9 Å². The average Bonchev–Trinajstić information content (AvgIpc) is 2.69. The number of nitriles is 1. The minimum atomic E-state index is 0.712. The second-order valence-corrected chi connectivity index (χ2v) is 8.03. The third-order valence-electron chi connectivity index (χ3n) is 6.58. The first-order chi connectivity index (χ1) is 12.3. The fourth-order valence-corrected chi connectivity index (χ4v) is 5.02. The van der Waals surface area contributed by atoms with Gasteiger partial charge < -0.3 is 0 Å². The van der Waals surface area contributed by atoms with Gasteiger partial charge in [0.25, 0.3) is 0 Å². The normalized spacial score (nSPS) is 30.0. The molecule has 0 atom stereocenters. The lowest BCUT2D eigenvalue weighted by Gasteiger charge is -2.38. The summed E-state index contributed by atoms with van der Waals surface area (Å²) >= 11 is 0. The Balaban J connectivity index is 1.44. The molecule has 0 saturated heterocycles. The maximum Gasteiger partial charge on any atom is 0.0991 e. The summed E-state index contributed by atoms with van der Waals surface area (Å²) in [5, 5.41) is 8.94. The lowest BCUT2D eigenvalue weighted by atomic mass is 9.68. The van der Waals surface area contributed by atoms with Crippen LogP contribution in [0.15, 0.2) is 49.1 Å². The maximum atomic E-state index is 8.94. The van der Waals surface area contributed by atoms with Crippen molar-refractivity contribution in [3.63, 3.8) is 0 Å². The topological polar surface area (TPSA) is 23.8 Å². The van der Waals surface area contributed by atoms with Crippen molar-refractivity contribution in [3.8, 4) is 6.07 Å². The summed E-state index contributed by atoms with van der Waals surface area (Å²) in [5.74, 6) is 3.55. The summed E-state index contributed by atoms with van der Waals surface area (Å²) in [4.78, 5) is 0. The van der Waals surface area contributed by atoms with Crippen LogP contribution in [-0.4, -0.2) is 0 Å². The molecule has 2 saturated carbocycles. The third-order valence-corrected chi connectivity index (χ3v) is 6.58. The van der Waals surface area contributed by atoms with Gasteiger partial charge in [0, 0.05) is 0 Å². The van der Waals surface area contributed by atoms with Crippen molar-refractivity contribution in [2.75, 3.05) is 0 Å². The van der Waals surface area contributed by atoms with E-state index in [9.17, 15) is 0 Å². The molecule has 25 heavy (non-hydrogen) atoms. The van der Waals surface area contributed by atoms with Gasteiger partial charge in [-0.3, -0.25) is 0 Å². The van der Waals surface area contributed by atoms with E-state index in [4.69, 9.17) is 5.26 Å². The Bertz CT molecular complexity index is 602. The molecule has 0 bridgehead atoms. The second-order valence-electron chi connectivity index (χ2n) is 8.03. The summed E-state index contributed by atoms with van der Waals surface area (Å²) in [6, 6.07) is 10.5. The predicted molar refractivity (Wildman–Crippen MR) is 105 cm³/mol. The fourth-order valence-electron chi connectivity index (χ4n) is 5.02. The number of nitrogens with zero attached hydrogens (tertiary/aromatic N) is 1. The molecule has 0 amide bonds. The Labute approximate surface area is 153 Å². The van der Waals surface area contributed by atoms with Gasteiger partial charge in [-0.2, -0.15) is 5.26 Å². The third kappa shape index (κ3) is 4.85. The van der Waals surface area contributed by atoms with Crippen LogP contribution in [-0.2, 0) is 0 Å². The minimum absolute atomic E-state index is 0.712. The summed E-state index contributed by atoms with van der Waals surface area (Å²) in [7, 11) is 0. The van der Waals surface area contributed by atoms with Crippen molar-refractivity contribution in [1.82, 2.24) is 0 Å². The van der Waals surface area contributed by atoms with Gasteiger partial charge in [-0.25, -0.2) is 0 Å². The van der Waals surface area contributed by atoms with Crippen LogP contribution in [0, 0.1) is 29.1 Å². The highest BCUT2D eigenvalue weighted by molar-refractivity contribution is 5.33. The Morgan fingerprint density at radius 1 is 0.920 bits per heavy atom. The van der Waals surface area contributed by atoms with Crippen LogP contribution in [0.1, 0.15) is 74.8 Å². The standard InChI is InChI=1S/C24H31N/c1-2-3-4-5-19-6-10-21(11-7-19)23-14-16-24(17-15-23)22-12-8-20(18-25)9-13-22/h2-4,8-9,12-13,19,21,23-24H,1,5-7,10-11,14-17H2. The number of hydrogen-bond acceptors (Lipinski definition) is 1. The summed E-state index contributed by atoms with van der Waals surface area (Å²) < 4.78 is 0. The molecule has 3 rings (SSSR count). The van der Waals surface area contributed by atoms with E-state index in [1.807, 2.05) is 18.2 Å². The van der Waals surface area contributed by atoms with Crippen molar-refractivity contribution in [2.45, 2.75) is 63.7 Å². The molecule has 2 aliphatic carbocycles. The van der Waals surface area contributed by atoms with Gasteiger partial charge in [-0.15, -0.1) is 0 Å². The molecule has 1 aromatic rings. The van der Waals surface area contributed by atoms with E-state index in [1.54, 1.807) is 0 Å². The fraction of sp³-hybridized carbons (Fsp3) is 0.542. The Morgan fingerprint density at radius 2 is 1.52 bits per heavy atom. The average molecular weight is 334 g/mol. The molecule has 0 aliphatic heterocycles. The van der Waals surface area contributed by atoms with E-state index < -0.39 is 0 Å². The van der Waals surface area contributed by atoms with Crippen molar-refractivity contribution in [3.05, 3.63) is 60.2 Å². The molecule has 1 aromatic carbocycles. The van der Waals surface area contributed by atoms with Gasteiger partial charge >= 0.3 is 0 Å². The zero-order valence-corrected chi connectivity index (χ0v) is 15.4. The Hall–Kier alpha value is -1.81. The monoisotopic (exact) mass is 333 g/mol. The van der Waals surface area contributed by atoms with Crippen molar-refractivity contribution in [2.24, 2.45) is 17.8 Å². The number of rotatable bonds is 5. The molecule has 1 heteroatoms. The number of allylic oxidation sites excluding steroid dienone is 3. The quantitative estimate of drug-likeness (QED) is 0.545. The molecule has 1 nitrogen and oxygen atoms in total. The molecule has 0 N–H and O–H groups in total. The highest BCUT2D eigenvalue weighted by Gasteiger charge is 2.30. The van der Waals surface area contributed by atoms with Gasteiger partial charge in [0.2, 0.25) is 0 Å². The van der Waals surface area contributed by atoms with Gasteiger partial charge in [0.15, 0.2) is 0 Å². The molecule has 0 radical (unpaired) electrons. The molecular formula is C24H31N. The van der Waals surface area contributed by atoms with Crippen LogP contribution in [0.4, 0.5) is 0 Å². The predicted octanol–water partition coefficient (Wildman–Crippen LogP) is 6.77. The van der Waals surface area contributed by atoms with Crippen LogP contribution in [0.25, 0.3) is 0 Å². The minimum Gasteiger partial charge on any atom is -0.192 e. The zero-order chi connectivity index (χ0) is 17.5. The van der Waals surface area contributed by atoms with Crippen LogP contribution in [0.3, 0.4) is 0 Å². The van der Waals surface area contributed by atoms with Gasteiger partial charge in [0.05, 0.1) is 11.6 Å². The summed E-state index contributed by atoms with van der Waals surface area (Å²) in [6.07, 6.45) is 18.7. The smallest absolute Gasteiger partial charge is 0.0991 e. The van der Waals surface area contributed by atoms with Crippen LogP contribution in [0.2, 0.25) is 0 Å². The van der Waals surface area contributed by atoms with Gasteiger partial charge in [-0.05, 0) is 99.2 Å². The summed E-state index contributed by atoms with van der Waals surface area (Å²) in [6.45, 7) is 3.75. The molecule has 2 fully saturated rings. The highest BCUT2D eigenvalue weighted by atomic mass is 14.4. The Morgan fingerprint density at radius 3 is 2.08 bits per heavy atom. The first kappa shape index (κ1) is 18.0. The second kappa shape index (κ2) is 9.04. The van der Waals surface area contributed by atoms with Crippen LogP contribution >= 0.6 is 0 Å². The molecule has 0 aromatic heterocycles. The van der Waals surface area contributed by atoms with Gasteiger partial charge in [-0.1, -0.05) is 36.9 Å². The number of benzene rings is 1. The highest BCUT2D eigenvalue weighted by Crippen LogP contribution is 2.44. The Kier molecular flexibility index (Phi) is 6.51. The van der Waals surface area contributed by atoms with E-state index >= 15 is 0 Å². The first-order valence-corrected chi connectivity index (χ1v) is 10.1. The molecule has 132 valence electrons. The van der Waals surface area contributed by atoms with Crippen LogP contribution < -0.4 is 0 Å². The molecule has 0 spiro atoms. The van der Waals surface area contributed by atoms with Crippen molar-refractivity contribution < 1.29 is 0 Å². The van der Waals surface area contributed by atoms with E-state index in [0.29, 0.717) is 5.92 Å². The van der Waals surface area contributed by atoms with E-state index in [1.165, 1.54) is 63.4 Å². The molecular weight excluding hydrogens is 302 g/mol.